The Bertz CT molecular complexity index is 569. The third-order valence-corrected chi connectivity index (χ3v) is 3.53. The molecule has 0 aliphatic heterocycles. The maximum Gasteiger partial charge on any atom is 0.310 e. The number of esters is 1. The van der Waals surface area contributed by atoms with E-state index >= 15 is 0 Å². The van der Waals surface area contributed by atoms with E-state index in [1.807, 2.05) is 24.3 Å². The fraction of sp³-hybridized carbons (Fsp3) is 0.389. The molecule has 0 aliphatic carbocycles. The fourth-order valence-electron chi connectivity index (χ4n) is 2.46. The van der Waals surface area contributed by atoms with Crippen LogP contribution >= 0.6 is 0 Å². The summed E-state index contributed by atoms with van der Waals surface area (Å²) < 4.78 is 5.37. The molecule has 1 unspecified atom stereocenters. The Morgan fingerprint density at radius 3 is 2.70 bits per heavy atom. The van der Waals surface area contributed by atoms with Crippen LogP contribution in [0.25, 0.3) is 10.8 Å². The lowest BCUT2D eigenvalue weighted by Crippen LogP contribution is -2.13. The zero-order valence-corrected chi connectivity index (χ0v) is 12.3. The predicted molar refractivity (Wildman–Crippen MR) is 82.7 cm³/mol. The minimum absolute atomic E-state index is 0.135. The third kappa shape index (κ3) is 3.83. The lowest BCUT2D eigenvalue weighted by atomic mass is 10.0. The molecule has 0 saturated heterocycles. The van der Waals surface area contributed by atoms with Gasteiger partial charge in [0, 0.05) is 0 Å². The van der Waals surface area contributed by atoms with E-state index in [9.17, 15) is 4.79 Å². The molecule has 1 atom stereocenters. The van der Waals surface area contributed by atoms with Gasteiger partial charge in [0.25, 0.3) is 0 Å². The molecule has 2 heteroatoms. The van der Waals surface area contributed by atoms with E-state index in [1.165, 1.54) is 0 Å². The molecular formula is C18H22O2. The standard InChI is InChI=1S/C18H22O2/c1-3-7-14(2)13-20-18(19)12-16-10-6-9-15-8-4-5-11-17(15)16/h4-6,8-11,14H,3,7,12-13H2,1-2H3. The third-order valence-electron chi connectivity index (χ3n) is 3.53. The van der Waals surface area contributed by atoms with Crippen molar-refractivity contribution >= 4 is 16.7 Å². The molecule has 0 fully saturated rings. The number of carbonyl (C=O) groups is 1. The molecule has 0 heterocycles. The van der Waals surface area contributed by atoms with Crippen molar-refractivity contribution in [2.75, 3.05) is 6.61 Å². The van der Waals surface area contributed by atoms with E-state index in [2.05, 4.69) is 32.0 Å². The van der Waals surface area contributed by atoms with Crippen LogP contribution in [0, 0.1) is 5.92 Å². The summed E-state index contributed by atoms with van der Waals surface area (Å²) in [4.78, 5) is 11.9. The molecule has 0 bridgehead atoms. The van der Waals surface area contributed by atoms with Crippen LogP contribution in [-0.2, 0) is 16.0 Å². The van der Waals surface area contributed by atoms with E-state index in [-0.39, 0.29) is 5.97 Å². The van der Waals surface area contributed by atoms with Gasteiger partial charge in [-0.25, -0.2) is 0 Å². The topological polar surface area (TPSA) is 26.3 Å². The number of rotatable bonds is 6. The number of benzene rings is 2. The van der Waals surface area contributed by atoms with E-state index in [4.69, 9.17) is 4.74 Å². The van der Waals surface area contributed by atoms with Gasteiger partial charge in [0.2, 0.25) is 0 Å². The van der Waals surface area contributed by atoms with Gasteiger partial charge >= 0.3 is 5.97 Å². The highest BCUT2D eigenvalue weighted by molar-refractivity contribution is 5.88. The lowest BCUT2D eigenvalue weighted by molar-refractivity contribution is -0.144. The SMILES string of the molecule is CCCC(C)COC(=O)Cc1cccc2ccccc12. The summed E-state index contributed by atoms with van der Waals surface area (Å²) in [6.45, 7) is 4.79. The van der Waals surface area contributed by atoms with Gasteiger partial charge in [0.1, 0.15) is 0 Å². The van der Waals surface area contributed by atoms with E-state index < -0.39 is 0 Å². The lowest BCUT2D eigenvalue weighted by Gasteiger charge is -2.11. The summed E-state index contributed by atoms with van der Waals surface area (Å²) in [7, 11) is 0. The number of hydrogen-bond acceptors (Lipinski definition) is 2. The monoisotopic (exact) mass is 270 g/mol. The Hall–Kier alpha value is -1.83. The van der Waals surface area contributed by atoms with Crippen LogP contribution < -0.4 is 0 Å². The summed E-state index contributed by atoms with van der Waals surface area (Å²) in [6.07, 6.45) is 2.57. The Kier molecular flexibility index (Phi) is 5.16. The predicted octanol–water partition coefficient (Wildman–Crippen LogP) is 4.36. The maximum atomic E-state index is 11.9. The van der Waals surface area contributed by atoms with Crippen molar-refractivity contribution in [2.24, 2.45) is 5.92 Å². The van der Waals surface area contributed by atoms with Crippen LogP contribution in [0.4, 0.5) is 0 Å². The van der Waals surface area contributed by atoms with E-state index in [0.29, 0.717) is 18.9 Å². The smallest absolute Gasteiger partial charge is 0.310 e. The molecule has 0 radical (unpaired) electrons. The summed E-state index contributed by atoms with van der Waals surface area (Å²) >= 11 is 0. The zero-order chi connectivity index (χ0) is 14.4. The minimum atomic E-state index is -0.135. The number of carbonyl (C=O) groups excluding carboxylic acids is 1. The average molecular weight is 270 g/mol. The highest BCUT2D eigenvalue weighted by Gasteiger charge is 2.09. The summed E-state index contributed by atoms with van der Waals surface area (Å²) in [5.41, 5.74) is 1.04. The first-order valence-electron chi connectivity index (χ1n) is 7.33. The maximum absolute atomic E-state index is 11.9. The largest absolute Gasteiger partial charge is 0.465 e. The molecule has 2 nitrogen and oxygen atoms in total. The van der Waals surface area contributed by atoms with Gasteiger partial charge in [-0.05, 0) is 28.7 Å². The Morgan fingerprint density at radius 2 is 1.90 bits per heavy atom. The van der Waals surface area contributed by atoms with Gasteiger partial charge < -0.3 is 4.74 Å². The molecule has 2 aromatic rings. The summed E-state index contributed by atoms with van der Waals surface area (Å²) in [5, 5.41) is 2.30. The van der Waals surface area contributed by atoms with Crippen molar-refractivity contribution in [2.45, 2.75) is 33.1 Å². The second kappa shape index (κ2) is 7.09. The van der Waals surface area contributed by atoms with Crippen LogP contribution in [0.1, 0.15) is 32.3 Å². The fourth-order valence-corrected chi connectivity index (χ4v) is 2.46. The van der Waals surface area contributed by atoms with Crippen LogP contribution in [-0.4, -0.2) is 12.6 Å². The van der Waals surface area contributed by atoms with E-state index in [1.54, 1.807) is 0 Å². The highest BCUT2D eigenvalue weighted by atomic mass is 16.5. The first-order valence-corrected chi connectivity index (χ1v) is 7.33. The van der Waals surface area contributed by atoms with Crippen LogP contribution in [0.15, 0.2) is 42.5 Å². The Morgan fingerprint density at radius 1 is 1.15 bits per heavy atom. The van der Waals surface area contributed by atoms with Crippen molar-refractivity contribution < 1.29 is 9.53 Å². The van der Waals surface area contributed by atoms with Crippen molar-refractivity contribution in [3.8, 4) is 0 Å². The number of hydrogen-bond donors (Lipinski definition) is 0. The molecule has 0 spiro atoms. The molecule has 20 heavy (non-hydrogen) atoms. The Balaban J connectivity index is 1.99. The second-order valence-corrected chi connectivity index (χ2v) is 5.39. The normalized spacial score (nSPS) is 12.3. The van der Waals surface area contributed by atoms with Crippen molar-refractivity contribution in [3.05, 3.63) is 48.0 Å². The molecule has 106 valence electrons. The first-order chi connectivity index (χ1) is 9.70. The first kappa shape index (κ1) is 14.6. The van der Waals surface area contributed by atoms with Gasteiger partial charge in [0.05, 0.1) is 13.0 Å². The van der Waals surface area contributed by atoms with Gasteiger partial charge in [0.15, 0.2) is 0 Å². The van der Waals surface area contributed by atoms with Crippen molar-refractivity contribution in [3.63, 3.8) is 0 Å². The number of ether oxygens (including phenoxy) is 1. The van der Waals surface area contributed by atoms with Crippen LogP contribution in [0.5, 0.6) is 0 Å². The van der Waals surface area contributed by atoms with Crippen LogP contribution in [0.3, 0.4) is 0 Å². The summed E-state index contributed by atoms with van der Waals surface area (Å²) in [6, 6.07) is 14.2. The Labute approximate surface area is 120 Å². The number of fused-ring (bicyclic) bond motifs is 1. The quantitative estimate of drug-likeness (QED) is 0.729. The average Bonchev–Trinajstić information content (AvgIpc) is 2.46. The molecule has 0 saturated carbocycles. The van der Waals surface area contributed by atoms with Gasteiger partial charge in [-0.2, -0.15) is 0 Å². The van der Waals surface area contributed by atoms with Gasteiger partial charge in [-0.1, -0.05) is 62.7 Å². The molecule has 0 amide bonds. The van der Waals surface area contributed by atoms with E-state index in [0.717, 1.165) is 29.2 Å². The van der Waals surface area contributed by atoms with Crippen molar-refractivity contribution in [1.82, 2.24) is 0 Å². The molecule has 0 N–H and O–H groups in total. The van der Waals surface area contributed by atoms with Gasteiger partial charge in [-0.15, -0.1) is 0 Å². The zero-order valence-electron chi connectivity index (χ0n) is 12.3. The molecule has 2 aromatic carbocycles. The van der Waals surface area contributed by atoms with Crippen LogP contribution in [0.2, 0.25) is 0 Å². The molecular weight excluding hydrogens is 248 g/mol. The van der Waals surface area contributed by atoms with Gasteiger partial charge in [-0.3, -0.25) is 4.79 Å². The molecule has 2 rings (SSSR count). The molecule has 0 aliphatic rings. The minimum Gasteiger partial charge on any atom is -0.465 e. The second-order valence-electron chi connectivity index (χ2n) is 5.39. The molecule has 0 aromatic heterocycles. The summed E-state index contributed by atoms with van der Waals surface area (Å²) in [5.74, 6) is 0.306. The van der Waals surface area contributed by atoms with Crippen molar-refractivity contribution in [1.29, 1.82) is 0 Å². The highest BCUT2D eigenvalue weighted by Crippen LogP contribution is 2.19.